The van der Waals surface area contributed by atoms with Crippen molar-refractivity contribution in [1.29, 1.82) is 0 Å². The van der Waals surface area contributed by atoms with Crippen LogP contribution < -0.4 is 0 Å². The topological polar surface area (TPSA) is 46.8 Å². The first-order valence-corrected chi connectivity index (χ1v) is 4.74. The summed E-state index contributed by atoms with van der Waals surface area (Å²) in [6, 6.07) is 0. The van der Waals surface area contributed by atoms with E-state index in [-0.39, 0.29) is 0 Å². The molecule has 2 rings (SSSR count). The number of hydrogen-bond acceptors (Lipinski definition) is 3. The third kappa shape index (κ3) is 1.63. The smallest absolute Gasteiger partial charge is 0.214 e. The zero-order valence-corrected chi connectivity index (χ0v) is 8.89. The van der Waals surface area contributed by atoms with Crippen molar-refractivity contribution in [3.05, 3.63) is 34.5 Å². The minimum atomic E-state index is 0.580. The number of nitrogens with one attached hydrogen (secondary N) is 1. The second kappa shape index (κ2) is 3.42. The van der Waals surface area contributed by atoms with Crippen LogP contribution in [0.5, 0.6) is 0 Å². The van der Waals surface area contributed by atoms with Crippen LogP contribution in [0.4, 0.5) is 0 Å². The highest BCUT2D eigenvalue weighted by molar-refractivity contribution is 7.71. The molecule has 1 N–H and O–H groups in total. The maximum Gasteiger partial charge on any atom is 0.214 e. The van der Waals surface area contributed by atoms with Crippen LogP contribution in [0.3, 0.4) is 0 Å². The fraction of sp³-hybridized carbons (Fsp3) is 0.333. The molecule has 0 aliphatic carbocycles. The molecule has 0 saturated heterocycles. The van der Waals surface area contributed by atoms with E-state index < -0.39 is 0 Å². The van der Waals surface area contributed by atoms with Crippen LogP contribution in [0, 0.1) is 18.6 Å². The molecule has 4 nitrogen and oxygen atoms in total. The maximum atomic E-state index is 5.45. The van der Waals surface area contributed by atoms with Crippen molar-refractivity contribution in [2.45, 2.75) is 20.4 Å². The summed E-state index contributed by atoms with van der Waals surface area (Å²) >= 11 is 5.06. The zero-order valence-electron chi connectivity index (χ0n) is 8.07. The highest BCUT2D eigenvalue weighted by Crippen LogP contribution is 2.09. The van der Waals surface area contributed by atoms with E-state index in [1.54, 1.807) is 6.20 Å². The van der Waals surface area contributed by atoms with Crippen molar-refractivity contribution in [3.63, 3.8) is 0 Å². The molecule has 74 valence electrons. The molecule has 0 atom stereocenters. The van der Waals surface area contributed by atoms with E-state index in [2.05, 4.69) is 9.97 Å². The minimum absolute atomic E-state index is 0.580. The summed E-state index contributed by atoms with van der Waals surface area (Å²) in [5.74, 6) is 1.55. The van der Waals surface area contributed by atoms with Gasteiger partial charge in [0.15, 0.2) is 4.77 Å². The average molecular weight is 209 g/mol. The van der Waals surface area contributed by atoms with E-state index in [9.17, 15) is 0 Å². The van der Waals surface area contributed by atoms with Crippen LogP contribution in [0.1, 0.15) is 17.3 Å². The fourth-order valence-corrected chi connectivity index (χ4v) is 1.42. The quantitative estimate of drug-likeness (QED) is 0.771. The molecule has 0 fully saturated rings. The molecule has 0 aliphatic rings. The molecular weight excluding hydrogens is 198 g/mol. The number of imidazole rings is 1. The first-order chi connectivity index (χ1) is 6.66. The van der Waals surface area contributed by atoms with Crippen LogP contribution in [0.2, 0.25) is 0 Å². The van der Waals surface area contributed by atoms with Crippen molar-refractivity contribution in [2.24, 2.45) is 0 Å². The summed E-state index contributed by atoms with van der Waals surface area (Å²) in [4.78, 5) is 7.20. The minimum Gasteiger partial charge on any atom is -0.444 e. The Balaban J connectivity index is 2.27. The van der Waals surface area contributed by atoms with Gasteiger partial charge in [0.2, 0.25) is 5.89 Å². The molecule has 0 aromatic carbocycles. The summed E-state index contributed by atoms with van der Waals surface area (Å²) in [5, 5.41) is 0. The van der Waals surface area contributed by atoms with Crippen molar-refractivity contribution in [1.82, 2.24) is 14.5 Å². The predicted molar refractivity (Wildman–Crippen MR) is 54.7 cm³/mol. The Hall–Kier alpha value is -1.36. The second-order valence-electron chi connectivity index (χ2n) is 3.14. The van der Waals surface area contributed by atoms with Gasteiger partial charge in [-0.1, -0.05) is 0 Å². The van der Waals surface area contributed by atoms with Gasteiger partial charge in [0, 0.05) is 12.4 Å². The van der Waals surface area contributed by atoms with Gasteiger partial charge in [-0.25, -0.2) is 4.98 Å². The number of aromatic nitrogens is 3. The van der Waals surface area contributed by atoms with Crippen molar-refractivity contribution in [2.75, 3.05) is 0 Å². The Bertz CT molecular complexity index is 475. The number of aryl methyl sites for hydroxylation is 2. The first kappa shape index (κ1) is 9.21. The number of nitrogens with zero attached hydrogens (tertiary/aromatic N) is 2. The summed E-state index contributed by atoms with van der Waals surface area (Å²) in [6.45, 7) is 4.41. The summed E-state index contributed by atoms with van der Waals surface area (Å²) < 4.78 is 8.00. The van der Waals surface area contributed by atoms with Crippen LogP contribution in [-0.2, 0) is 6.54 Å². The largest absolute Gasteiger partial charge is 0.444 e. The number of H-pyrrole nitrogens is 1. The van der Waals surface area contributed by atoms with Crippen LogP contribution >= 0.6 is 12.2 Å². The van der Waals surface area contributed by atoms with E-state index in [1.165, 1.54) is 0 Å². The Kier molecular flexibility index (Phi) is 2.25. The average Bonchev–Trinajstić information content (AvgIpc) is 2.63. The molecule has 0 amide bonds. The lowest BCUT2D eigenvalue weighted by Gasteiger charge is -1.95. The molecular formula is C9H11N3OS. The third-order valence-corrected chi connectivity index (χ3v) is 2.45. The van der Waals surface area contributed by atoms with Crippen molar-refractivity contribution >= 4 is 12.2 Å². The van der Waals surface area contributed by atoms with E-state index in [4.69, 9.17) is 16.6 Å². The highest BCUT2D eigenvalue weighted by Gasteiger charge is 2.05. The van der Waals surface area contributed by atoms with E-state index in [1.807, 2.05) is 24.6 Å². The SMILES string of the molecule is Cc1nc(Cn2cc[nH]c2=S)oc1C. The Morgan fingerprint density at radius 3 is 2.86 bits per heavy atom. The van der Waals surface area contributed by atoms with Gasteiger partial charge < -0.3 is 14.0 Å². The predicted octanol–water partition coefficient (Wildman–Crippen LogP) is 2.20. The Labute approximate surface area is 86.6 Å². The molecule has 0 spiro atoms. The van der Waals surface area contributed by atoms with Gasteiger partial charge in [0.25, 0.3) is 0 Å². The van der Waals surface area contributed by atoms with Crippen molar-refractivity contribution < 1.29 is 4.42 Å². The molecule has 0 radical (unpaired) electrons. The van der Waals surface area contributed by atoms with Gasteiger partial charge in [0.1, 0.15) is 12.3 Å². The van der Waals surface area contributed by atoms with Crippen LogP contribution in [-0.4, -0.2) is 14.5 Å². The maximum absolute atomic E-state index is 5.45. The lowest BCUT2D eigenvalue weighted by Crippen LogP contribution is -1.98. The molecule has 2 aromatic rings. The zero-order chi connectivity index (χ0) is 10.1. The third-order valence-electron chi connectivity index (χ3n) is 2.10. The number of rotatable bonds is 2. The second-order valence-corrected chi connectivity index (χ2v) is 3.53. The molecule has 2 heterocycles. The van der Waals surface area contributed by atoms with Gasteiger partial charge in [-0.2, -0.15) is 0 Å². The molecule has 2 aromatic heterocycles. The summed E-state index contributed by atoms with van der Waals surface area (Å²) in [5.41, 5.74) is 0.932. The Morgan fingerprint density at radius 2 is 2.36 bits per heavy atom. The van der Waals surface area contributed by atoms with Gasteiger partial charge in [-0.15, -0.1) is 0 Å². The van der Waals surface area contributed by atoms with Gasteiger partial charge >= 0.3 is 0 Å². The molecule has 0 bridgehead atoms. The van der Waals surface area contributed by atoms with Crippen LogP contribution in [0.25, 0.3) is 0 Å². The lowest BCUT2D eigenvalue weighted by atomic mass is 10.4. The molecule has 0 aliphatic heterocycles. The fourth-order valence-electron chi connectivity index (χ4n) is 1.23. The molecule has 0 saturated carbocycles. The number of oxazole rings is 1. The summed E-state index contributed by atoms with van der Waals surface area (Å²) in [7, 11) is 0. The highest BCUT2D eigenvalue weighted by atomic mass is 32.1. The van der Waals surface area contributed by atoms with Gasteiger partial charge in [0.05, 0.1) is 5.69 Å². The standard InChI is InChI=1S/C9H11N3OS/c1-6-7(2)13-8(11-6)5-12-4-3-10-9(12)14/h3-4H,5H2,1-2H3,(H,10,14). The van der Waals surface area contributed by atoms with Crippen LogP contribution in [0.15, 0.2) is 16.8 Å². The van der Waals surface area contributed by atoms with Crippen molar-refractivity contribution in [3.8, 4) is 0 Å². The lowest BCUT2D eigenvalue weighted by molar-refractivity contribution is 0.456. The number of hydrogen-bond donors (Lipinski definition) is 1. The molecule has 5 heteroatoms. The summed E-state index contributed by atoms with van der Waals surface area (Å²) in [6.07, 6.45) is 3.67. The molecule has 14 heavy (non-hydrogen) atoms. The first-order valence-electron chi connectivity index (χ1n) is 4.33. The monoisotopic (exact) mass is 209 g/mol. The normalized spacial score (nSPS) is 10.7. The Morgan fingerprint density at radius 1 is 1.57 bits per heavy atom. The van der Waals surface area contributed by atoms with Gasteiger partial charge in [-0.3, -0.25) is 0 Å². The van der Waals surface area contributed by atoms with E-state index in [0.717, 1.165) is 11.5 Å². The molecule has 0 unspecified atom stereocenters. The van der Waals surface area contributed by atoms with Gasteiger partial charge in [-0.05, 0) is 26.1 Å². The number of aromatic amines is 1. The van der Waals surface area contributed by atoms with E-state index >= 15 is 0 Å². The van der Waals surface area contributed by atoms with E-state index in [0.29, 0.717) is 17.2 Å².